The molecule has 0 aliphatic carbocycles. The molecule has 21 heavy (non-hydrogen) atoms. The summed E-state index contributed by atoms with van der Waals surface area (Å²) < 4.78 is 44.2. The number of carbonyl (C=O) groups is 1. The lowest BCUT2D eigenvalue weighted by atomic mass is 9.99. The van der Waals surface area contributed by atoms with Crippen LogP contribution < -0.4 is 5.73 Å². The number of sulfonamides is 1. The van der Waals surface area contributed by atoms with Gasteiger partial charge in [0.25, 0.3) is 0 Å². The first-order valence-corrected chi connectivity index (χ1v) is 7.84. The number of nitrogens with two attached hydrogens (primary N) is 1. The molecule has 0 amide bonds. The molecule has 1 heterocycles. The molecule has 1 aromatic carbocycles. The number of anilines is 1. The zero-order valence-corrected chi connectivity index (χ0v) is 12.6. The highest BCUT2D eigenvalue weighted by Gasteiger charge is 2.41. The summed E-state index contributed by atoms with van der Waals surface area (Å²) in [6.45, 7) is 1.94. The van der Waals surface area contributed by atoms with E-state index in [1.165, 1.54) is 13.2 Å². The number of ether oxygens (including phenoxy) is 1. The fraction of sp³-hybridized carbons (Fsp3) is 0.462. The predicted molar refractivity (Wildman–Crippen MR) is 74.2 cm³/mol. The third-order valence-corrected chi connectivity index (χ3v) is 5.56. The van der Waals surface area contributed by atoms with E-state index >= 15 is 0 Å². The van der Waals surface area contributed by atoms with Crippen LogP contribution in [0.2, 0.25) is 0 Å². The number of halogens is 1. The Bertz CT molecular complexity index is 662. The second-order valence-corrected chi connectivity index (χ2v) is 7.02. The van der Waals surface area contributed by atoms with E-state index in [9.17, 15) is 17.6 Å². The molecular weight excluding hydrogens is 299 g/mol. The summed E-state index contributed by atoms with van der Waals surface area (Å²) in [5.74, 6) is -1.84. The van der Waals surface area contributed by atoms with Crippen molar-refractivity contribution in [3.05, 3.63) is 24.0 Å². The number of benzene rings is 1. The number of hydrogen-bond acceptors (Lipinski definition) is 5. The van der Waals surface area contributed by atoms with Crippen molar-refractivity contribution >= 4 is 21.7 Å². The summed E-state index contributed by atoms with van der Waals surface area (Å²) in [7, 11) is -2.68. The Labute approximate surface area is 122 Å². The standard InChI is InChI=1S/C13H17FN2O4S/c1-8-6-16(7-10(8)13(17)20-2)21(18,19)12-5-9(14)3-4-11(12)15/h3-5,8,10H,6-7,15H2,1-2H3. The van der Waals surface area contributed by atoms with Crippen LogP contribution in [0.4, 0.5) is 10.1 Å². The Morgan fingerprint density at radius 3 is 2.71 bits per heavy atom. The number of hydrogen-bond donors (Lipinski definition) is 1. The summed E-state index contributed by atoms with van der Waals surface area (Å²) >= 11 is 0. The number of rotatable bonds is 3. The molecule has 2 unspecified atom stereocenters. The highest BCUT2D eigenvalue weighted by atomic mass is 32.2. The smallest absolute Gasteiger partial charge is 0.310 e. The van der Waals surface area contributed by atoms with E-state index < -0.39 is 27.7 Å². The molecular formula is C13H17FN2O4S. The molecule has 0 radical (unpaired) electrons. The van der Waals surface area contributed by atoms with Crippen LogP contribution in [0.5, 0.6) is 0 Å². The minimum Gasteiger partial charge on any atom is -0.469 e. The second kappa shape index (κ2) is 5.61. The fourth-order valence-corrected chi connectivity index (χ4v) is 4.14. The molecule has 2 rings (SSSR count). The molecule has 0 bridgehead atoms. The van der Waals surface area contributed by atoms with Crippen molar-refractivity contribution in [1.29, 1.82) is 0 Å². The average molecular weight is 316 g/mol. The van der Waals surface area contributed by atoms with E-state index in [1.54, 1.807) is 6.92 Å². The quantitative estimate of drug-likeness (QED) is 0.659. The Morgan fingerprint density at radius 2 is 2.10 bits per heavy atom. The van der Waals surface area contributed by atoms with Gasteiger partial charge in [-0.2, -0.15) is 4.31 Å². The van der Waals surface area contributed by atoms with Crippen LogP contribution in [-0.4, -0.2) is 38.9 Å². The topological polar surface area (TPSA) is 89.7 Å². The minimum absolute atomic E-state index is 0.00608. The summed E-state index contributed by atoms with van der Waals surface area (Å²) in [5.41, 5.74) is 5.61. The number of carbonyl (C=O) groups excluding carboxylic acids is 1. The van der Waals surface area contributed by atoms with Gasteiger partial charge in [0.2, 0.25) is 10.0 Å². The van der Waals surface area contributed by atoms with Gasteiger partial charge < -0.3 is 10.5 Å². The van der Waals surface area contributed by atoms with Crippen LogP contribution in [0.25, 0.3) is 0 Å². The maximum Gasteiger partial charge on any atom is 0.310 e. The molecule has 1 aliphatic heterocycles. The van der Waals surface area contributed by atoms with Gasteiger partial charge in [-0.15, -0.1) is 0 Å². The molecule has 1 aromatic rings. The number of nitrogen functional groups attached to an aromatic ring is 1. The maximum atomic E-state index is 13.3. The molecule has 0 spiro atoms. The molecule has 116 valence electrons. The van der Waals surface area contributed by atoms with Gasteiger partial charge in [-0.3, -0.25) is 4.79 Å². The van der Waals surface area contributed by atoms with Gasteiger partial charge in [0.1, 0.15) is 10.7 Å². The minimum atomic E-state index is -3.94. The lowest BCUT2D eigenvalue weighted by molar-refractivity contribution is -0.145. The normalized spacial score (nSPS) is 23.2. The van der Waals surface area contributed by atoms with Gasteiger partial charge >= 0.3 is 5.97 Å². The third kappa shape index (κ3) is 2.86. The van der Waals surface area contributed by atoms with Crippen LogP contribution in [0, 0.1) is 17.7 Å². The highest BCUT2D eigenvalue weighted by molar-refractivity contribution is 7.89. The van der Waals surface area contributed by atoms with Crippen LogP contribution in [0.3, 0.4) is 0 Å². The lowest BCUT2D eigenvalue weighted by Gasteiger charge is -2.17. The van der Waals surface area contributed by atoms with E-state index in [0.717, 1.165) is 16.4 Å². The Morgan fingerprint density at radius 1 is 1.43 bits per heavy atom. The van der Waals surface area contributed by atoms with Gasteiger partial charge in [-0.1, -0.05) is 6.92 Å². The summed E-state index contributed by atoms with van der Waals surface area (Å²) in [6, 6.07) is 3.19. The molecule has 1 aliphatic rings. The largest absolute Gasteiger partial charge is 0.469 e. The van der Waals surface area contributed by atoms with Crippen molar-refractivity contribution in [2.45, 2.75) is 11.8 Å². The molecule has 6 nitrogen and oxygen atoms in total. The predicted octanol–water partition coefficient (Wildman–Crippen LogP) is 0.837. The summed E-state index contributed by atoms with van der Waals surface area (Å²) in [6.07, 6.45) is 0. The lowest BCUT2D eigenvalue weighted by Crippen LogP contribution is -2.31. The first kappa shape index (κ1) is 15.7. The van der Waals surface area contributed by atoms with E-state index in [0.29, 0.717) is 0 Å². The Hall–Kier alpha value is -1.67. The van der Waals surface area contributed by atoms with Crippen molar-refractivity contribution in [3.8, 4) is 0 Å². The van der Waals surface area contributed by atoms with Crippen LogP contribution in [0.15, 0.2) is 23.1 Å². The van der Waals surface area contributed by atoms with Gasteiger partial charge in [-0.25, -0.2) is 12.8 Å². The van der Waals surface area contributed by atoms with Gasteiger partial charge in [0, 0.05) is 13.1 Å². The van der Waals surface area contributed by atoms with E-state index in [4.69, 9.17) is 5.73 Å². The first-order chi connectivity index (χ1) is 9.77. The van der Waals surface area contributed by atoms with Crippen molar-refractivity contribution < 1.29 is 22.3 Å². The molecule has 1 fully saturated rings. The SMILES string of the molecule is COC(=O)C1CN(S(=O)(=O)c2cc(F)ccc2N)CC1C. The Balaban J connectivity index is 2.33. The van der Waals surface area contributed by atoms with Crippen LogP contribution in [0.1, 0.15) is 6.92 Å². The monoisotopic (exact) mass is 316 g/mol. The average Bonchev–Trinajstić information content (AvgIpc) is 2.83. The molecule has 8 heteroatoms. The van der Waals surface area contributed by atoms with Crippen molar-refractivity contribution in [2.24, 2.45) is 11.8 Å². The molecule has 2 atom stereocenters. The summed E-state index contributed by atoms with van der Waals surface area (Å²) in [4.78, 5) is 11.3. The van der Waals surface area contributed by atoms with Crippen LogP contribution in [-0.2, 0) is 19.6 Å². The molecule has 0 saturated carbocycles. The van der Waals surface area contributed by atoms with Gasteiger partial charge in [0.05, 0.1) is 18.7 Å². The van der Waals surface area contributed by atoms with Crippen LogP contribution >= 0.6 is 0 Å². The number of methoxy groups -OCH3 is 1. The van der Waals surface area contributed by atoms with Gasteiger partial charge in [0.15, 0.2) is 0 Å². The van der Waals surface area contributed by atoms with Gasteiger partial charge in [-0.05, 0) is 24.1 Å². The molecule has 0 aromatic heterocycles. The summed E-state index contributed by atoms with van der Waals surface area (Å²) in [5, 5.41) is 0. The van der Waals surface area contributed by atoms with Crippen molar-refractivity contribution in [1.82, 2.24) is 4.31 Å². The van der Waals surface area contributed by atoms with Crippen molar-refractivity contribution in [3.63, 3.8) is 0 Å². The van der Waals surface area contributed by atoms with E-state index in [-0.39, 0.29) is 29.6 Å². The second-order valence-electron chi connectivity index (χ2n) is 5.11. The highest BCUT2D eigenvalue weighted by Crippen LogP contribution is 2.31. The number of nitrogens with zero attached hydrogens (tertiary/aromatic N) is 1. The first-order valence-electron chi connectivity index (χ1n) is 6.40. The van der Waals surface area contributed by atoms with E-state index in [1.807, 2.05) is 0 Å². The maximum absolute atomic E-state index is 13.3. The zero-order valence-electron chi connectivity index (χ0n) is 11.7. The molecule has 2 N–H and O–H groups in total. The zero-order chi connectivity index (χ0) is 15.8. The fourth-order valence-electron chi connectivity index (χ4n) is 2.45. The molecule has 1 saturated heterocycles. The number of esters is 1. The Kier molecular flexibility index (Phi) is 4.20. The van der Waals surface area contributed by atoms with E-state index in [2.05, 4.69) is 4.74 Å². The van der Waals surface area contributed by atoms with Crippen molar-refractivity contribution in [2.75, 3.05) is 25.9 Å². The third-order valence-electron chi connectivity index (χ3n) is 3.68.